The first-order valence-electron chi connectivity index (χ1n) is 8.10. The summed E-state index contributed by atoms with van der Waals surface area (Å²) in [5, 5.41) is 1.77. The van der Waals surface area contributed by atoms with Gasteiger partial charge in [-0.25, -0.2) is 4.99 Å². The topological polar surface area (TPSA) is 34.7 Å². The van der Waals surface area contributed by atoms with Crippen LogP contribution >= 0.6 is 0 Å². The van der Waals surface area contributed by atoms with Crippen LogP contribution in [0.5, 0.6) is 5.75 Å². The van der Waals surface area contributed by atoms with Crippen LogP contribution in [0.4, 0.5) is 5.69 Å². The van der Waals surface area contributed by atoms with Crippen molar-refractivity contribution in [3.63, 3.8) is 0 Å². The third kappa shape index (κ3) is 3.17. The molecule has 25 heavy (non-hydrogen) atoms. The zero-order chi connectivity index (χ0) is 17.1. The minimum atomic E-state index is 0.775. The number of rotatable bonds is 3. The zero-order valence-electron chi connectivity index (χ0n) is 13.8. The molecule has 0 spiro atoms. The molecule has 3 aromatic carbocycles. The summed E-state index contributed by atoms with van der Waals surface area (Å²) in [7, 11) is 1.66. The summed E-state index contributed by atoms with van der Waals surface area (Å²) in [6, 6.07) is 27.7. The quantitative estimate of drug-likeness (QED) is 0.509. The zero-order valence-corrected chi connectivity index (χ0v) is 13.8. The first-order chi connectivity index (χ1) is 12.3. The number of nitrogens with zero attached hydrogens (tertiary/aromatic N) is 1. The van der Waals surface area contributed by atoms with Gasteiger partial charge in [-0.3, -0.25) is 0 Å². The third-order valence-corrected chi connectivity index (χ3v) is 4.01. The summed E-state index contributed by atoms with van der Waals surface area (Å²) in [6.07, 6.45) is 0. The molecule has 0 bridgehead atoms. The number of hydrogen-bond donors (Lipinski definition) is 0. The molecule has 0 unspecified atom stereocenters. The maximum atomic E-state index is 6.11. The Labute approximate surface area is 145 Å². The summed E-state index contributed by atoms with van der Waals surface area (Å²) < 4.78 is 11.5. The second kappa shape index (κ2) is 6.65. The van der Waals surface area contributed by atoms with Gasteiger partial charge in [0.05, 0.1) is 18.2 Å². The van der Waals surface area contributed by atoms with E-state index in [1.165, 1.54) is 0 Å². The minimum absolute atomic E-state index is 0.775. The Balaban J connectivity index is 2.01. The van der Waals surface area contributed by atoms with Crippen molar-refractivity contribution in [1.29, 1.82) is 0 Å². The highest BCUT2D eigenvalue weighted by Crippen LogP contribution is 2.25. The Hall–Kier alpha value is -3.33. The summed E-state index contributed by atoms with van der Waals surface area (Å²) >= 11 is 0. The van der Waals surface area contributed by atoms with Gasteiger partial charge in [0.1, 0.15) is 17.1 Å². The van der Waals surface area contributed by atoms with E-state index in [1.807, 2.05) is 84.9 Å². The molecule has 0 saturated carbocycles. The van der Waals surface area contributed by atoms with E-state index in [1.54, 1.807) is 7.11 Å². The smallest absolute Gasteiger partial charge is 0.137 e. The fourth-order valence-corrected chi connectivity index (χ4v) is 2.75. The Morgan fingerprint density at radius 1 is 0.800 bits per heavy atom. The van der Waals surface area contributed by atoms with Crippen molar-refractivity contribution in [1.82, 2.24) is 0 Å². The van der Waals surface area contributed by atoms with Crippen LogP contribution in [0.15, 0.2) is 94.3 Å². The van der Waals surface area contributed by atoms with E-state index in [4.69, 9.17) is 14.1 Å². The molecule has 0 saturated heterocycles. The molecule has 0 amide bonds. The van der Waals surface area contributed by atoms with Crippen molar-refractivity contribution in [3.8, 4) is 17.1 Å². The normalized spacial score (nSPS) is 11.6. The van der Waals surface area contributed by atoms with Crippen molar-refractivity contribution in [2.75, 3.05) is 7.11 Å². The first-order valence-corrected chi connectivity index (χ1v) is 8.10. The number of hydrogen-bond acceptors (Lipinski definition) is 3. The molecule has 0 aliphatic heterocycles. The van der Waals surface area contributed by atoms with Crippen molar-refractivity contribution in [2.45, 2.75) is 0 Å². The standard InChI is InChI=1S/C22H17NO2/c1-24-18-12-13-21-19(14-18)20(23-17-10-6-3-7-11-17)15-22(25-21)16-8-4-2-5-9-16/h2-15H,1H3. The molecule has 0 aliphatic carbocycles. The van der Waals surface area contributed by atoms with Gasteiger partial charge in [0.2, 0.25) is 0 Å². The van der Waals surface area contributed by atoms with Crippen molar-refractivity contribution in [3.05, 3.63) is 90.3 Å². The summed E-state index contributed by atoms with van der Waals surface area (Å²) in [5.74, 6) is 1.56. The Morgan fingerprint density at radius 3 is 2.24 bits per heavy atom. The summed E-state index contributed by atoms with van der Waals surface area (Å²) in [5.41, 5.74) is 2.69. The molecule has 3 nitrogen and oxygen atoms in total. The maximum Gasteiger partial charge on any atom is 0.137 e. The predicted molar refractivity (Wildman–Crippen MR) is 99.9 cm³/mol. The third-order valence-electron chi connectivity index (χ3n) is 4.01. The molecule has 122 valence electrons. The van der Waals surface area contributed by atoms with Crippen LogP contribution in [0.3, 0.4) is 0 Å². The minimum Gasteiger partial charge on any atom is -0.497 e. The van der Waals surface area contributed by atoms with Gasteiger partial charge >= 0.3 is 0 Å². The monoisotopic (exact) mass is 327 g/mol. The van der Waals surface area contributed by atoms with E-state index in [0.717, 1.165) is 39.1 Å². The van der Waals surface area contributed by atoms with Gasteiger partial charge in [-0.15, -0.1) is 0 Å². The number of para-hydroxylation sites is 1. The molecule has 0 atom stereocenters. The average molecular weight is 327 g/mol. The number of fused-ring (bicyclic) bond motifs is 1. The lowest BCUT2D eigenvalue weighted by molar-refractivity contribution is 0.415. The van der Waals surface area contributed by atoms with Gasteiger partial charge in [-0.1, -0.05) is 48.5 Å². The number of ether oxygens (including phenoxy) is 1. The van der Waals surface area contributed by atoms with Gasteiger partial charge in [-0.2, -0.15) is 0 Å². The average Bonchev–Trinajstić information content (AvgIpc) is 2.69. The van der Waals surface area contributed by atoms with Gasteiger partial charge in [-0.05, 0) is 30.3 Å². The van der Waals surface area contributed by atoms with Crippen LogP contribution in [-0.4, -0.2) is 7.11 Å². The lowest BCUT2D eigenvalue weighted by Gasteiger charge is -2.07. The van der Waals surface area contributed by atoms with E-state index < -0.39 is 0 Å². The summed E-state index contributed by atoms with van der Waals surface area (Å²) in [4.78, 5) is 4.82. The molecule has 3 heteroatoms. The Kier molecular flexibility index (Phi) is 4.05. The SMILES string of the molecule is COc1ccc2oc(-c3ccccc3)cc(=Nc3ccccc3)c2c1. The highest BCUT2D eigenvalue weighted by atomic mass is 16.5. The fourth-order valence-electron chi connectivity index (χ4n) is 2.75. The molecule has 1 heterocycles. The first kappa shape index (κ1) is 15.2. The van der Waals surface area contributed by atoms with E-state index in [0.29, 0.717) is 0 Å². The molecular weight excluding hydrogens is 310 g/mol. The number of benzene rings is 3. The van der Waals surface area contributed by atoms with Gasteiger partial charge in [0.15, 0.2) is 0 Å². The maximum absolute atomic E-state index is 6.11. The highest BCUT2D eigenvalue weighted by molar-refractivity contribution is 5.80. The molecular formula is C22H17NO2. The van der Waals surface area contributed by atoms with Crippen LogP contribution in [0.1, 0.15) is 0 Å². The molecule has 0 radical (unpaired) electrons. The molecule has 0 aliphatic rings. The van der Waals surface area contributed by atoms with Crippen molar-refractivity contribution >= 4 is 16.7 Å². The lowest BCUT2D eigenvalue weighted by atomic mass is 10.1. The predicted octanol–water partition coefficient (Wildman–Crippen LogP) is 5.34. The fraction of sp³-hybridized carbons (Fsp3) is 0.0455. The molecule has 1 aromatic heterocycles. The van der Waals surface area contributed by atoms with E-state index in [9.17, 15) is 0 Å². The van der Waals surface area contributed by atoms with Crippen LogP contribution in [0, 0.1) is 0 Å². The van der Waals surface area contributed by atoms with E-state index in [2.05, 4.69) is 0 Å². The van der Waals surface area contributed by atoms with Gasteiger partial charge < -0.3 is 9.15 Å². The van der Waals surface area contributed by atoms with Crippen molar-refractivity contribution in [2.24, 2.45) is 4.99 Å². The molecule has 4 aromatic rings. The van der Waals surface area contributed by atoms with Crippen LogP contribution < -0.4 is 10.1 Å². The van der Waals surface area contributed by atoms with E-state index >= 15 is 0 Å². The second-order valence-electron chi connectivity index (χ2n) is 5.67. The summed E-state index contributed by atoms with van der Waals surface area (Å²) in [6.45, 7) is 0. The number of methoxy groups -OCH3 is 1. The second-order valence-corrected chi connectivity index (χ2v) is 5.67. The molecule has 0 fully saturated rings. The highest BCUT2D eigenvalue weighted by Gasteiger charge is 2.07. The molecule has 0 N–H and O–H groups in total. The van der Waals surface area contributed by atoms with Crippen molar-refractivity contribution < 1.29 is 9.15 Å². The lowest BCUT2D eigenvalue weighted by Crippen LogP contribution is -2.03. The van der Waals surface area contributed by atoms with Crippen LogP contribution in [0.2, 0.25) is 0 Å². The Bertz CT molecular complexity index is 1070. The van der Waals surface area contributed by atoms with Gasteiger partial charge in [0.25, 0.3) is 0 Å². The van der Waals surface area contributed by atoms with Crippen LogP contribution in [0.25, 0.3) is 22.3 Å². The van der Waals surface area contributed by atoms with Gasteiger partial charge in [0, 0.05) is 17.0 Å². The molecule has 4 rings (SSSR count). The van der Waals surface area contributed by atoms with Crippen LogP contribution in [-0.2, 0) is 0 Å². The largest absolute Gasteiger partial charge is 0.497 e. The van der Waals surface area contributed by atoms with E-state index in [-0.39, 0.29) is 0 Å². The Morgan fingerprint density at radius 2 is 1.52 bits per heavy atom.